The van der Waals surface area contributed by atoms with Gasteiger partial charge in [0.25, 0.3) is 0 Å². The first-order valence-electron chi connectivity index (χ1n) is 9.72. The van der Waals surface area contributed by atoms with Gasteiger partial charge >= 0.3 is 0 Å². The number of methoxy groups -OCH3 is 1. The van der Waals surface area contributed by atoms with Crippen molar-refractivity contribution in [2.75, 3.05) is 20.3 Å². The Morgan fingerprint density at radius 3 is 2.93 bits per heavy atom. The van der Waals surface area contributed by atoms with Gasteiger partial charge in [0.05, 0.1) is 26.4 Å². The van der Waals surface area contributed by atoms with Gasteiger partial charge in [-0.25, -0.2) is 0 Å². The molecule has 1 amide bonds. The van der Waals surface area contributed by atoms with E-state index in [0.29, 0.717) is 19.0 Å². The maximum Gasteiger partial charge on any atom is 0.244 e. The second kappa shape index (κ2) is 9.83. The van der Waals surface area contributed by atoms with Gasteiger partial charge in [-0.05, 0) is 36.3 Å². The first kappa shape index (κ1) is 19.8. The number of benzene rings is 2. The monoisotopic (exact) mass is 381 g/mol. The first-order chi connectivity index (χ1) is 13.7. The van der Waals surface area contributed by atoms with E-state index in [1.165, 1.54) is 0 Å². The molecule has 1 atom stereocenters. The van der Waals surface area contributed by atoms with E-state index in [4.69, 9.17) is 14.2 Å². The zero-order valence-corrected chi connectivity index (χ0v) is 16.4. The Morgan fingerprint density at radius 2 is 2.11 bits per heavy atom. The molecule has 28 heavy (non-hydrogen) atoms. The molecule has 0 bridgehead atoms. The molecule has 0 saturated carbocycles. The molecule has 0 unspecified atom stereocenters. The second-order valence-corrected chi connectivity index (χ2v) is 6.68. The maximum atomic E-state index is 12.4. The van der Waals surface area contributed by atoms with Crippen LogP contribution in [0, 0.1) is 0 Å². The van der Waals surface area contributed by atoms with Gasteiger partial charge in [0, 0.05) is 18.1 Å². The van der Waals surface area contributed by atoms with Crippen LogP contribution in [0.3, 0.4) is 0 Å². The lowest BCUT2D eigenvalue weighted by Crippen LogP contribution is -2.30. The molecular formula is C23H27NO4. The average Bonchev–Trinajstić information content (AvgIpc) is 2.73. The smallest absolute Gasteiger partial charge is 0.244 e. The fourth-order valence-electron chi connectivity index (χ4n) is 3.12. The lowest BCUT2D eigenvalue weighted by atomic mass is 10.0. The molecule has 1 aliphatic rings. The van der Waals surface area contributed by atoms with Crippen LogP contribution in [0.15, 0.2) is 48.5 Å². The molecule has 0 fully saturated rings. The first-order valence-corrected chi connectivity index (χ1v) is 9.72. The lowest BCUT2D eigenvalue weighted by Gasteiger charge is -2.26. The third kappa shape index (κ3) is 5.06. The fraction of sp³-hybridized carbons (Fsp3) is 0.348. The summed E-state index contributed by atoms with van der Waals surface area (Å²) < 4.78 is 16.8. The van der Waals surface area contributed by atoms with Crippen LogP contribution in [0.2, 0.25) is 0 Å². The van der Waals surface area contributed by atoms with Gasteiger partial charge in [0.15, 0.2) is 11.5 Å². The van der Waals surface area contributed by atoms with Crippen LogP contribution in [0.25, 0.3) is 6.08 Å². The predicted octanol–water partition coefficient (Wildman–Crippen LogP) is 4.53. The molecule has 0 saturated heterocycles. The summed E-state index contributed by atoms with van der Waals surface area (Å²) in [5.41, 5.74) is 1.90. The minimum Gasteiger partial charge on any atom is -0.493 e. The summed E-state index contributed by atoms with van der Waals surface area (Å²) in [6, 6.07) is 13.4. The Balaban J connectivity index is 1.63. The molecule has 1 aliphatic heterocycles. The van der Waals surface area contributed by atoms with Gasteiger partial charge in [-0.3, -0.25) is 4.79 Å². The van der Waals surface area contributed by atoms with Crippen molar-refractivity contribution in [2.24, 2.45) is 0 Å². The normalized spacial score (nSPS) is 15.6. The number of rotatable bonds is 8. The number of amides is 1. The molecule has 2 aromatic rings. The molecular weight excluding hydrogens is 354 g/mol. The van der Waals surface area contributed by atoms with Crippen molar-refractivity contribution < 1.29 is 19.0 Å². The van der Waals surface area contributed by atoms with Crippen molar-refractivity contribution in [1.29, 1.82) is 0 Å². The van der Waals surface area contributed by atoms with E-state index in [-0.39, 0.29) is 11.9 Å². The standard InChI is InChI=1S/C23H27NO4/c1-3-4-14-27-21-11-9-17(16-22(21)26-2)10-12-23(25)24-19-13-15-28-20-8-6-5-7-18(19)20/h5-12,16,19H,3-4,13-15H2,1-2H3,(H,24,25)/b12-10+/t19-/m1/s1. The van der Waals surface area contributed by atoms with Crippen LogP contribution in [0.4, 0.5) is 0 Å². The highest BCUT2D eigenvalue weighted by Crippen LogP contribution is 2.31. The highest BCUT2D eigenvalue weighted by molar-refractivity contribution is 5.92. The van der Waals surface area contributed by atoms with Crippen molar-refractivity contribution in [3.63, 3.8) is 0 Å². The highest BCUT2D eigenvalue weighted by Gasteiger charge is 2.21. The van der Waals surface area contributed by atoms with Gasteiger partial charge in [0.2, 0.25) is 5.91 Å². The van der Waals surface area contributed by atoms with E-state index >= 15 is 0 Å². The van der Waals surface area contributed by atoms with E-state index in [2.05, 4.69) is 12.2 Å². The van der Waals surface area contributed by atoms with Crippen molar-refractivity contribution in [3.8, 4) is 17.2 Å². The van der Waals surface area contributed by atoms with Crippen LogP contribution in [-0.2, 0) is 4.79 Å². The number of carbonyl (C=O) groups excluding carboxylic acids is 1. The number of hydrogen-bond acceptors (Lipinski definition) is 4. The summed E-state index contributed by atoms with van der Waals surface area (Å²) in [7, 11) is 1.62. The largest absolute Gasteiger partial charge is 0.493 e. The van der Waals surface area contributed by atoms with E-state index in [1.54, 1.807) is 19.3 Å². The fourth-order valence-corrected chi connectivity index (χ4v) is 3.12. The zero-order chi connectivity index (χ0) is 19.8. The minimum absolute atomic E-state index is 0.0361. The van der Waals surface area contributed by atoms with Crippen molar-refractivity contribution in [2.45, 2.75) is 32.2 Å². The SMILES string of the molecule is CCCCOc1ccc(/C=C/C(=O)N[C@@H]2CCOc3ccccc32)cc1OC. The summed E-state index contributed by atoms with van der Waals surface area (Å²) in [6.07, 6.45) is 6.16. The van der Waals surface area contributed by atoms with Gasteiger partial charge in [-0.2, -0.15) is 0 Å². The minimum atomic E-state index is -0.135. The lowest BCUT2D eigenvalue weighted by molar-refractivity contribution is -0.117. The van der Waals surface area contributed by atoms with Crippen LogP contribution < -0.4 is 19.5 Å². The number of hydrogen-bond donors (Lipinski definition) is 1. The summed E-state index contributed by atoms with van der Waals surface area (Å²) in [5.74, 6) is 2.09. The molecule has 148 valence electrons. The maximum absolute atomic E-state index is 12.4. The second-order valence-electron chi connectivity index (χ2n) is 6.68. The third-order valence-corrected chi connectivity index (χ3v) is 4.65. The molecule has 1 heterocycles. The number of para-hydroxylation sites is 1. The van der Waals surface area contributed by atoms with Gasteiger partial charge in [-0.1, -0.05) is 37.6 Å². The summed E-state index contributed by atoms with van der Waals surface area (Å²) in [5, 5.41) is 3.06. The summed E-state index contributed by atoms with van der Waals surface area (Å²) in [6.45, 7) is 3.39. The van der Waals surface area contributed by atoms with Gasteiger partial charge in [0.1, 0.15) is 5.75 Å². The Bertz CT molecular complexity index is 831. The van der Waals surface area contributed by atoms with Gasteiger partial charge < -0.3 is 19.5 Å². The van der Waals surface area contributed by atoms with Crippen molar-refractivity contribution >= 4 is 12.0 Å². The Morgan fingerprint density at radius 1 is 1.25 bits per heavy atom. The molecule has 1 N–H and O–H groups in total. The average molecular weight is 381 g/mol. The topological polar surface area (TPSA) is 56.8 Å². The van der Waals surface area contributed by atoms with E-state index in [0.717, 1.165) is 41.9 Å². The summed E-state index contributed by atoms with van der Waals surface area (Å²) >= 11 is 0. The van der Waals surface area contributed by atoms with Crippen LogP contribution in [0.1, 0.15) is 43.4 Å². The molecule has 0 spiro atoms. The molecule has 0 aliphatic carbocycles. The molecule has 0 radical (unpaired) electrons. The van der Waals surface area contributed by atoms with Crippen LogP contribution >= 0.6 is 0 Å². The number of unbranched alkanes of at least 4 members (excludes halogenated alkanes) is 1. The Kier molecular flexibility index (Phi) is 6.95. The van der Waals surface area contributed by atoms with E-state index in [1.807, 2.05) is 42.5 Å². The summed E-state index contributed by atoms with van der Waals surface area (Å²) in [4.78, 5) is 12.4. The Labute approximate surface area is 166 Å². The zero-order valence-electron chi connectivity index (χ0n) is 16.4. The van der Waals surface area contributed by atoms with Crippen molar-refractivity contribution in [3.05, 3.63) is 59.7 Å². The van der Waals surface area contributed by atoms with Crippen molar-refractivity contribution in [1.82, 2.24) is 5.32 Å². The highest BCUT2D eigenvalue weighted by atomic mass is 16.5. The molecule has 3 rings (SSSR count). The van der Waals surface area contributed by atoms with Gasteiger partial charge in [-0.15, -0.1) is 0 Å². The molecule has 0 aromatic heterocycles. The number of carbonyl (C=O) groups is 1. The number of nitrogens with one attached hydrogen (secondary N) is 1. The molecule has 5 heteroatoms. The third-order valence-electron chi connectivity index (χ3n) is 4.65. The number of fused-ring (bicyclic) bond motifs is 1. The van der Waals surface area contributed by atoms with E-state index < -0.39 is 0 Å². The quantitative estimate of drug-likeness (QED) is 0.539. The number of ether oxygens (including phenoxy) is 3. The van der Waals surface area contributed by atoms with Crippen LogP contribution in [-0.4, -0.2) is 26.2 Å². The van der Waals surface area contributed by atoms with Crippen LogP contribution in [0.5, 0.6) is 17.2 Å². The molecule has 2 aromatic carbocycles. The predicted molar refractivity (Wildman–Crippen MR) is 110 cm³/mol. The van der Waals surface area contributed by atoms with E-state index in [9.17, 15) is 4.79 Å². The Hall–Kier alpha value is -2.95. The molecule has 5 nitrogen and oxygen atoms in total.